The van der Waals surface area contributed by atoms with Crippen molar-refractivity contribution in [2.75, 3.05) is 26.3 Å². The van der Waals surface area contributed by atoms with E-state index in [9.17, 15) is 0 Å². The second kappa shape index (κ2) is 5.46. The maximum Gasteiger partial charge on any atom is 0.0739 e. The van der Waals surface area contributed by atoms with Gasteiger partial charge < -0.3 is 21.1 Å². The van der Waals surface area contributed by atoms with Crippen LogP contribution in [0.3, 0.4) is 0 Å². The lowest BCUT2D eigenvalue weighted by molar-refractivity contribution is 0.0533. The molecule has 0 unspecified atom stereocenters. The Bertz CT molecular complexity index is 288. The fourth-order valence-electron chi connectivity index (χ4n) is 1.49. The molecule has 0 saturated carbocycles. The molecule has 4 nitrogen and oxygen atoms in total. The zero-order valence-corrected chi connectivity index (χ0v) is 9.20. The summed E-state index contributed by atoms with van der Waals surface area (Å²) >= 11 is 0. The lowest BCUT2D eigenvalue weighted by Crippen LogP contribution is -2.36. The predicted octanol–water partition coefficient (Wildman–Crippen LogP) is 0.537. The van der Waals surface area contributed by atoms with Crippen LogP contribution in [0.1, 0.15) is 6.92 Å². The lowest BCUT2D eigenvalue weighted by atomic mass is 10.2. The number of hydrogen-bond acceptors (Lipinski definition) is 4. The Balaban J connectivity index is 2.78. The monoisotopic (exact) mass is 209 g/mol. The summed E-state index contributed by atoms with van der Waals surface area (Å²) in [5.41, 5.74) is 13.9. The van der Waals surface area contributed by atoms with Crippen molar-refractivity contribution in [2.45, 2.75) is 6.92 Å². The van der Waals surface area contributed by atoms with Crippen molar-refractivity contribution >= 4 is 0 Å². The first-order valence-electron chi connectivity index (χ1n) is 5.04. The fourth-order valence-corrected chi connectivity index (χ4v) is 1.49. The maximum absolute atomic E-state index is 5.93. The molecule has 1 fully saturated rings. The first-order valence-corrected chi connectivity index (χ1v) is 5.04. The van der Waals surface area contributed by atoms with Crippen LogP contribution in [0.15, 0.2) is 35.8 Å². The van der Waals surface area contributed by atoms with Crippen molar-refractivity contribution in [3.8, 4) is 0 Å². The lowest BCUT2D eigenvalue weighted by Gasteiger charge is -2.30. The van der Waals surface area contributed by atoms with Gasteiger partial charge in [-0.25, -0.2) is 0 Å². The Kier molecular flexibility index (Phi) is 4.24. The smallest absolute Gasteiger partial charge is 0.0739 e. The number of rotatable bonds is 3. The molecule has 1 heterocycles. The van der Waals surface area contributed by atoms with Crippen LogP contribution in [0.2, 0.25) is 0 Å². The quantitative estimate of drug-likeness (QED) is 0.666. The van der Waals surface area contributed by atoms with Crippen molar-refractivity contribution in [1.82, 2.24) is 4.90 Å². The molecule has 0 aliphatic carbocycles. The summed E-state index contributed by atoms with van der Waals surface area (Å²) in [6.45, 7) is 8.79. The van der Waals surface area contributed by atoms with Gasteiger partial charge in [0.1, 0.15) is 0 Å². The van der Waals surface area contributed by atoms with Crippen LogP contribution in [0.5, 0.6) is 0 Å². The Morgan fingerprint density at radius 3 is 2.47 bits per heavy atom. The van der Waals surface area contributed by atoms with Gasteiger partial charge in [-0.15, -0.1) is 0 Å². The van der Waals surface area contributed by atoms with E-state index in [1.165, 1.54) is 0 Å². The van der Waals surface area contributed by atoms with Gasteiger partial charge in [-0.2, -0.15) is 0 Å². The third kappa shape index (κ3) is 3.02. The molecule has 0 spiro atoms. The molecule has 1 saturated heterocycles. The van der Waals surface area contributed by atoms with Gasteiger partial charge in [0.05, 0.1) is 24.6 Å². The van der Waals surface area contributed by atoms with Gasteiger partial charge in [-0.05, 0) is 13.0 Å². The van der Waals surface area contributed by atoms with Crippen LogP contribution in [0.4, 0.5) is 0 Å². The van der Waals surface area contributed by atoms with Crippen LogP contribution in [-0.2, 0) is 4.74 Å². The van der Waals surface area contributed by atoms with Gasteiger partial charge in [0.15, 0.2) is 0 Å². The topological polar surface area (TPSA) is 64.5 Å². The molecule has 1 rings (SSSR count). The van der Waals surface area contributed by atoms with E-state index in [-0.39, 0.29) is 0 Å². The molecule has 0 aromatic rings. The average molecular weight is 209 g/mol. The second-order valence-electron chi connectivity index (χ2n) is 3.46. The van der Waals surface area contributed by atoms with Gasteiger partial charge in [-0.1, -0.05) is 12.7 Å². The third-order valence-electron chi connectivity index (χ3n) is 2.48. The van der Waals surface area contributed by atoms with E-state index in [2.05, 4.69) is 11.5 Å². The highest BCUT2D eigenvalue weighted by Crippen LogP contribution is 2.12. The molecule has 1 aliphatic rings. The van der Waals surface area contributed by atoms with E-state index in [1.54, 1.807) is 12.2 Å². The molecule has 0 radical (unpaired) electrons. The zero-order valence-electron chi connectivity index (χ0n) is 9.20. The third-order valence-corrected chi connectivity index (χ3v) is 2.48. The highest BCUT2D eigenvalue weighted by molar-refractivity contribution is 5.31. The van der Waals surface area contributed by atoms with Crippen LogP contribution < -0.4 is 11.5 Å². The van der Waals surface area contributed by atoms with Crippen molar-refractivity contribution in [3.63, 3.8) is 0 Å². The van der Waals surface area contributed by atoms with Crippen molar-refractivity contribution in [2.24, 2.45) is 11.5 Å². The standard InChI is InChI=1S/C11H19N3O/c1-3-4-10(12)11(13)9(2)14-5-7-15-8-6-14/h3-4H,1,5-8,12-13H2,2H3/b10-4+,11-9-. The summed E-state index contributed by atoms with van der Waals surface area (Å²) in [7, 11) is 0. The van der Waals surface area contributed by atoms with Gasteiger partial charge in [0.2, 0.25) is 0 Å². The minimum Gasteiger partial charge on any atom is -0.397 e. The molecule has 1 aliphatic heterocycles. The van der Waals surface area contributed by atoms with Crippen molar-refractivity contribution in [1.29, 1.82) is 0 Å². The first kappa shape index (κ1) is 11.7. The van der Waals surface area contributed by atoms with E-state index >= 15 is 0 Å². The molecule has 0 atom stereocenters. The minimum absolute atomic E-state index is 0.564. The summed E-state index contributed by atoms with van der Waals surface area (Å²) in [4.78, 5) is 2.18. The molecule has 0 bridgehead atoms. The highest BCUT2D eigenvalue weighted by atomic mass is 16.5. The summed E-state index contributed by atoms with van der Waals surface area (Å²) in [6.07, 6.45) is 3.34. The van der Waals surface area contributed by atoms with Gasteiger partial charge in [0.25, 0.3) is 0 Å². The SMILES string of the molecule is C=C/C=C(N)\C(N)=C(/C)N1CCOCC1. The maximum atomic E-state index is 5.93. The number of nitrogens with zero attached hydrogens (tertiary/aromatic N) is 1. The van der Waals surface area contributed by atoms with E-state index in [1.807, 2.05) is 6.92 Å². The second-order valence-corrected chi connectivity index (χ2v) is 3.46. The number of allylic oxidation sites excluding steroid dienone is 3. The largest absolute Gasteiger partial charge is 0.397 e. The molecule has 0 aromatic carbocycles. The number of morpholine rings is 1. The van der Waals surface area contributed by atoms with E-state index in [4.69, 9.17) is 16.2 Å². The Hall–Kier alpha value is -1.42. The Morgan fingerprint density at radius 1 is 1.33 bits per heavy atom. The molecule has 15 heavy (non-hydrogen) atoms. The van der Waals surface area contributed by atoms with Crippen LogP contribution >= 0.6 is 0 Å². The van der Waals surface area contributed by atoms with Gasteiger partial charge in [0, 0.05) is 18.8 Å². The fraction of sp³-hybridized carbons (Fsp3) is 0.455. The van der Waals surface area contributed by atoms with E-state index in [0.29, 0.717) is 11.4 Å². The number of ether oxygens (including phenoxy) is 1. The predicted molar refractivity (Wildman–Crippen MR) is 61.7 cm³/mol. The molecular weight excluding hydrogens is 190 g/mol. The van der Waals surface area contributed by atoms with E-state index in [0.717, 1.165) is 32.0 Å². The molecule has 0 amide bonds. The van der Waals surface area contributed by atoms with Crippen LogP contribution in [0, 0.1) is 0 Å². The van der Waals surface area contributed by atoms with Crippen LogP contribution in [0.25, 0.3) is 0 Å². The summed E-state index contributed by atoms with van der Waals surface area (Å²) < 4.78 is 5.27. The highest BCUT2D eigenvalue weighted by Gasteiger charge is 2.13. The van der Waals surface area contributed by atoms with Crippen molar-refractivity contribution in [3.05, 3.63) is 35.8 Å². The minimum atomic E-state index is 0.564. The average Bonchev–Trinajstić information content (AvgIpc) is 2.28. The number of nitrogens with two attached hydrogens (primary N) is 2. The summed E-state index contributed by atoms with van der Waals surface area (Å²) in [6, 6.07) is 0. The molecule has 4 N–H and O–H groups in total. The molecule has 4 heteroatoms. The summed E-state index contributed by atoms with van der Waals surface area (Å²) in [5.74, 6) is 0. The molecule has 84 valence electrons. The first-order chi connectivity index (χ1) is 7.16. The Labute approximate surface area is 90.9 Å². The molecular formula is C11H19N3O. The van der Waals surface area contributed by atoms with E-state index < -0.39 is 0 Å². The summed E-state index contributed by atoms with van der Waals surface area (Å²) in [5, 5.41) is 0. The normalized spacial score (nSPS) is 19.8. The zero-order chi connectivity index (χ0) is 11.3. The number of hydrogen-bond donors (Lipinski definition) is 2. The van der Waals surface area contributed by atoms with Crippen LogP contribution in [-0.4, -0.2) is 31.2 Å². The van der Waals surface area contributed by atoms with Gasteiger partial charge >= 0.3 is 0 Å². The molecule has 0 aromatic heterocycles. The van der Waals surface area contributed by atoms with Crippen molar-refractivity contribution < 1.29 is 4.74 Å². The van der Waals surface area contributed by atoms with Gasteiger partial charge in [-0.3, -0.25) is 0 Å². The Morgan fingerprint density at radius 2 is 1.93 bits per heavy atom.